The van der Waals surface area contributed by atoms with Crippen LogP contribution >= 0.6 is 0 Å². The Balaban J connectivity index is 2.20. The smallest absolute Gasteiger partial charge is 0.245 e. The van der Waals surface area contributed by atoms with Crippen LogP contribution in [0.1, 0.15) is 71.1 Å². The average Bonchev–Trinajstić information content (AvgIpc) is 3.18. The predicted molar refractivity (Wildman–Crippen MR) is 133 cm³/mol. The largest absolute Gasteiger partial charge is 0.385 e. The van der Waals surface area contributed by atoms with Gasteiger partial charge in [0, 0.05) is 38.2 Å². The third-order valence-electron chi connectivity index (χ3n) is 5.48. The van der Waals surface area contributed by atoms with Gasteiger partial charge in [0.2, 0.25) is 11.8 Å². The zero-order valence-corrected chi connectivity index (χ0v) is 21.1. The molecule has 0 aliphatic carbocycles. The molecule has 1 heterocycles. The Labute approximate surface area is 198 Å². The highest BCUT2D eigenvalue weighted by Gasteiger charge is 2.23. The third kappa shape index (κ3) is 8.31. The number of hydrogen-bond acceptors (Lipinski definition) is 4. The minimum absolute atomic E-state index is 0.0112. The van der Waals surface area contributed by atoms with Crippen LogP contribution in [0.4, 0.5) is 5.82 Å². The van der Waals surface area contributed by atoms with Gasteiger partial charge in [-0.05, 0) is 31.9 Å². The van der Waals surface area contributed by atoms with E-state index in [0.29, 0.717) is 31.8 Å². The number of nitrogens with one attached hydrogen (secondary N) is 1. The van der Waals surface area contributed by atoms with Crippen LogP contribution in [0, 0.1) is 6.92 Å². The maximum Gasteiger partial charge on any atom is 0.245 e. The summed E-state index contributed by atoms with van der Waals surface area (Å²) in [4.78, 5) is 27.4. The van der Waals surface area contributed by atoms with Gasteiger partial charge in [-0.25, -0.2) is 4.68 Å². The lowest BCUT2D eigenvalue weighted by Gasteiger charge is -2.22. The summed E-state index contributed by atoms with van der Waals surface area (Å²) in [6, 6.07) is 9.92. The maximum absolute atomic E-state index is 13.0. The van der Waals surface area contributed by atoms with Gasteiger partial charge in [-0.2, -0.15) is 5.10 Å². The summed E-state index contributed by atoms with van der Waals surface area (Å²) in [7, 11) is 1.64. The maximum atomic E-state index is 13.0. The number of amides is 2. The van der Waals surface area contributed by atoms with E-state index in [4.69, 9.17) is 9.84 Å². The van der Waals surface area contributed by atoms with Gasteiger partial charge >= 0.3 is 0 Å². The molecule has 182 valence electrons. The minimum atomic E-state index is -0.232. The number of unbranched alkanes of at least 4 members (excludes halogenated alkanes) is 2. The SMILES string of the molecule is CCCCCC(=O)N(CCCOC)CC(=O)Nc1cc(C(C)(C)C)nn1-c1ccc(C)cc1. The molecule has 0 aliphatic heterocycles. The monoisotopic (exact) mass is 456 g/mol. The van der Waals surface area contributed by atoms with Crippen LogP contribution in [-0.4, -0.2) is 53.3 Å². The third-order valence-corrected chi connectivity index (χ3v) is 5.48. The van der Waals surface area contributed by atoms with Gasteiger partial charge in [-0.3, -0.25) is 9.59 Å². The van der Waals surface area contributed by atoms with E-state index in [1.54, 1.807) is 16.7 Å². The number of aromatic nitrogens is 2. The summed E-state index contributed by atoms with van der Waals surface area (Å²) >= 11 is 0. The topological polar surface area (TPSA) is 76.5 Å². The van der Waals surface area contributed by atoms with Crippen LogP contribution in [-0.2, 0) is 19.7 Å². The molecule has 0 unspecified atom stereocenters. The first-order valence-corrected chi connectivity index (χ1v) is 11.9. The molecule has 0 atom stereocenters. The fourth-order valence-corrected chi connectivity index (χ4v) is 3.45. The van der Waals surface area contributed by atoms with Crippen molar-refractivity contribution in [1.82, 2.24) is 14.7 Å². The van der Waals surface area contributed by atoms with Crippen molar-refractivity contribution in [3.05, 3.63) is 41.6 Å². The Morgan fingerprint density at radius 3 is 2.42 bits per heavy atom. The normalized spacial score (nSPS) is 11.5. The van der Waals surface area contributed by atoms with Crippen LogP contribution in [0.2, 0.25) is 0 Å². The summed E-state index contributed by atoms with van der Waals surface area (Å²) in [6.45, 7) is 11.5. The number of carbonyl (C=O) groups excluding carboxylic acids is 2. The first-order valence-electron chi connectivity index (χ1n) is 11.9. The van der Waals surface area contributed by atoms with E-state index in [1.165, 1.54) is 0 Å². The molecule has 2 rings (SSSR count). The summed E-state index contributed by atoms with van der Waals surface area (Å²) in [5.41, 5.74) is 2.74. The van der Waals surface area contributed by atoms with Gasteiger partial charge < -0.3 is 15.0 Å². The number of rotatable bonds is 12. The zero-order valence-electron chi connectivity index (χ0n) is 21.1. The Bertz CT molecular complexity index is 897. The lowest BCUT2D eigenvalue weighted by molar-refractivity contribution is -0.135. The zero-order chi connectivity index (χ0) is 24.4. The van der Waals surface area contributed by atoms with Gasteiger partial charge in [-0.1, -0.05) is 58.2 Å². The first-order chi connectivity index (χ1) is 15.7. The molecule has 33 heavy (non-hydrogen) atoms. The molecule has 7 heteroatoms. The molecule has 0 aliphatic rings. The second kappa shape index (κ2) is 12.5. The van der Waals surface area contributed by atoms with Crippen molar-refractivity contribution in [1.29, 1.82) is 0 Å². The first kappa shape index (κ1) is 26.6. The van der Waals surface area contributed by atoms with Crippen LogP contribution < -0.4 is 5.32 Å². The van der Waals surface area contributed by atoms with Gasteiger partial charge in [0.05, 0.1) is 17.9 Å². The quantitative estimate of drug-likeness (QED) is 0.463. The highest BCUT2D eigenvalue weighted by Crippen LogP contribution is 2.26. The number of ether oxygens (including phenoxy) is 1. The second-order valence-electron chi connectivity index (χ2n) is 9.58. The predicted octanol–water partition coefficient (Wildman–Crippen LogP) is 4.86. The molecule has 0 fully saturated rings. The van der Waals surface area contributed by atoms with Crippen LogP contribution in [0.5, 0.6) is 0 Å². The molecule has 1 aromatic heterocycles. The van der Waals surface area contributed by atoms with E-state index in [2.05, 4.69) is 33.0 Å². The average molecular weight is 457 g/mol. The molecule has 0 bridgehead atoms. The molecule has 7 nitrogen and oxygen atoms in total. The van der Waals surface area contributed by atoms with E-state index in [-0.39, 0.29) is 23.8 Å². The Morgan fingerprint density at radius 1 is 1.12 bits per heavy atom. The molecule has 0 saturated carbocycles. The molecule has 2 aromatic rings. The summed E-state index contributed by atoms with van der Waals surface area (Å²) in [5, 5.41) is 7.76. The molecular formula is C26H40N4O3. The standard InChI is InChI=1S/C26H40N4O3/c1-7-8-9-11-25(32)29(16-10-17-33-6)19-24(31)27-23-18-22(26(3,4)5)28-30(23)21-14-12-20(2)13-15-21/h12-15,18H,7-11,16-17,19H2,1-6H3,(H,27,31). The number of benzene rings is 1. The second-order valence-corrected chi connectivity index (χ2v) is 9.58. The fraction of sp³-hybridized carbons (Fsp3) is 0.577. The van der Waals surface area contributed by atoms with Crippen molar-refractivity contribution in [2.75, 3.05) is 32.1 Å². The van der Waals surface area contributed by atoms with Crippen LogP contribution in [0.3, 0.4) is 0 Å². The number of carbonyl (C=O) groups is 2. The summed E-state index contributed by atoms with van der Waals surface area (Å²) in [5.74, 6) is 0.381. The lowest BCUT2D eigenvalue weighted by Crippen LogP contribution is -2.39. The van der Waals surface area contributed by atoms with E-state index in [9.17, 15) is 9.59 Å². The van der Waals surface area contributed by atoms with Crippen molar-refractivity contribution in [3.8, 4) is 5.69 Å². The molecule has 0 saturated heterocycles. The lowest BCUT2D eigenvalue weighted by atomic mass is 9.92. The van der Waals surface area contributed by atoms with E-state index >= 15 is 0 Å². The van der Waals surface area contributed by atoms with Crippen LogP contribution in [0.15, 0.2) is 30.3 Å². The van der Waals surface area contributed by atoms with Gasteiger partial charge in [0.25, 0.3) is 0 Å². The van der Waals surface area contributed by atoms with Crippen LogP contribution in [0.25, 0.3) is 5.69 Å². The number of hydrogen-bond donors (Lipinski definition) is 1. The van der Waals surface area contributed by atoms with Crippen molar-refractivity contribution < 1.29 is 14.3 Å². The molecule has 0 radical (unpaired) electrons. The summed E-state index contributed by atoms with van der Waals surface area (Å²) < 4.78 is 6.89. The molecule has 1 aromatic carbocycles. The fourth-order valence-electron chi connectivity index (χ4n) is 3.45. The van der Waals surface area contributed by atoms with E-state index < -0.39 is 0 Å². The van der Waals surface area contributed by atoms with E-state index in [1.807, 2.05) is 37.3 Å². The number of methoxy groups -OCH3 is 1. The Hall–Kier alpha value is -2.67. The molecule has 1 N–H and O–H groups in total. The van der Waals surface area contributed by atoms with E-state index in [0.717, 1.165) is 36.2 Å². The highest BCUT2D eigenvalue weighted by molar-refractivity contribution is 5.94. The van der Waals surface area contributed by atoms with Gasteiger partial charge in [0.1, 0.15) is 5.82 Å². The minimum Gasteiger partial charge on any atom is -0.385 e. The number of nitrogens with zero attached hydrogens (tertiary/aromatic N) is 3. The molecule has 0 spiro atoms. The Morgan fingerprint density at radius 2 is 1.82 bits per heavy atom. The van der Waals surface area contributed by atoms with Gasteiger partial charge in [-0.15, -0.1) is 0 Å². The highest BCUT2D eigenvalue weighted by atomic mass is 16.5. The van der Waals surface area contributed by atoms with Crippen molar-refractivity contribution in [3.63, 3.8) is 0 Å². The number of aryl methyl sites for hydroxylation is 1. The summed E-state index contributed by atoms with van der Waals surface area (Å²) in [6.07, 6.45) is 4.06. The van der Waals surface area contributed by atoms with Crippen molar-refractivity contribution in [2.24, 2.45) is 0 Å². The Kier molecular flexibility index (Phi) is 10.1. The van der Waals surface area contributed by atoms with Gasteiger partial charge in [0.15, 0.2) is 0 Å². The molecular weight excluding hydrogens is 416 g/mol. The number of anilines is 1. The van der Waals surface area contributed by atoms with Crippen molar-refractivity contribution in [2.45, 2.75) is 72.1 Å². The van der Waals surface area contributed by atoms with Crippen molar-refractivity contribution >= 4 is 17.6 Å². The molecule has 2 amide bonds.